The van der Waals surface area contributed by atoms with E-state index in [4.69, 9.17) is 0 Å². The van der Waals surface area contributed by atoms with Crippen molar-refractivity contribution in [1.82, 2.24) is 4.90 Å². The van der Waals surface area contributed by atoms with Crippen LogP contribution in [-0.4, -0.2) is 29.4 Å². The maximum absolute atomic E-state index is 13.2. The molecule has 1 heterocycles. The standard InChI is InChI=1S/C17H25NO3/c19-15(20)14-2-1-5-18(14)16(21)17-8-11-3-4-12(9-17)7-13(6-11)10-17/h11-14H,1-10H2,(H,19,20)/p-1/t11-,12+,13?,14-,17?/m0/s1. The highest BCUT2D eigenvalue weighted by molar-refractivity contribution is 5.88. The molecule has 0 aromatic heterocycles. The minimum Gasteiger partial charge on any atom is -0.548 e. The first kappa shape index (κ1) is 13.6. The SMILES string of the molecule is O=C([O-])[C@@H]1CCCN1C(=O)C12CC3C[C@@H](CC[C@@H](C3)C1)C2. The van der Waals surface area contributed by atoms with E-state index in [1.807, 2.05) is 0 Å². The summed E-state index contributed by atoms with van der Waals surface area (Å²) in [6.07, 6.45) is 9.56. The summed E-state index contributed by atoms with van der Waals surface area (Å²) in [7, 11) is 0. The van der Waals surface area contributed by atoms with E-state index in [2.05, 4.69) is 0 Å². The van der Waals surface area contributed by atoms with E-state index < -0.39 is 12.0 Å². The van der Waals surface area contributed by atoms with Gasteiger partial charge in [-0.15, -0.1) is 0 Å². The summed E-state index contributed by atoms with van der Waals surface area (Å²) >= 11 is 0. The van der Waals surface area contributed by atoms with Crippen LogP contribution in [0.5, 0.6) is 0 Å². The van der Waals surface area contributed by atoms with Crippen LogP contribution in [-0.2, 0) is 9.59 Å². The number of rotatable bonds is 2. The lowest BCUT2D eigenvalue weighted by atomic mass is 9.58. The van der Waals surface area contributed by atoms with Crippen molar-refractivity contribution >= 4 is 11.9 Å². The Bertz CT molecular complexity index is 459. The normalized spacial score (nSPS) is 44.9. The Morgan fingerprint density at radius 3 is 2.19 bits per heavy atom. The number of amides is 1. The molecular weight excluding hydrogens is 266 g/mol. The zero-order chi connectivity index (χ0) is 14.6. The van der Waals surface area contributed by atoms with Crippen molar-refractivity contribution in [3.63, 3.8) is 0 Å². The van der Waals surface area contributed by atoms with Crippen molar-refractivity contribution in [2.45, 2.75) is 63.8 Å². The summed E-state index contributed by atoms with van der Waals surface area (Å²) in [5.41, 5.74) is -0.231. The van der Waals surface area contributed by atoms with Crippen molar-refractivity contribution in [3.05, 3.63) is 0 Å². The van der Waals surface area contributed by atoms with Gasteiger partial charge in [-0.05, 0) is 62.7 Å². The molecule has 21 heavy (non-hydrogen) atoms. The Morgan fingerprint density at radius 2 is 1.57 bits per heavy atom. The molecule has 1 aliphatic heterocycles. The maximum Gasteiger partial charge on any atom is 0.229 e. The molecule has 2 unspecified atom stereocenters. The number of likely N-dealkylation sites (tertiary alicyclic amines) is 1. The Balaban J connectivity index is 1.62. The Labute approximate surface area is 125 Å². The van der Waals surface area contributed by atoms with E-state index in [1.165, 1.54) is 25.7 Å². The molecule has 0 aromatic carbocycles. The van der Waals surface area contributed by atoms with Gasteiger partial charge in [0, 0.05) is 6.54 Å². The molecule has 0 aromatic rings. The number of hydrogen-bond donors (Lipinski definition) is 0. The number of aliphatic carboxylic acids is 1. The summed E-state index contributed by atoms with van der Waals surface area (Å²) < 4.78 is 0. The molecule has 0 spiro atoms. The second-order valence-electron chi connectivity index (χ2n) is 8.02. The quantitative estimate of drug-likeness (QED) is 0.771. The molecular formula is C17H24NO3-. The molecule has 1 amide bonds. The Hall–Kier alpha value is -1.06. The van der Waals surface area contributed by atoms with Crippen LogP contribution in [0.1, 0.15) is 57.8 Å². The summed E-state index contributed by atoms with van der Waals surface area (Å²) in [5.74, 6) is 1.19. The summed E-state index contributed by atoms with van der Waals surface area (Å²) in [4.78, 5) is 26.2. The van der Waals surface area contributed by atoms with Crippen LogP contribution in [0.2, 0.25) is 0 Å². The van der Waals surface area contributed by atoms with E-state index in [0.717, 1.165) is 25.7 Å². The average molecular weight is 290 g/mol. The molecule has 5 fully saturated rings. The number of fused-ring (bicyclic) bond motifs is 1. The van der Waals surface area contributed by atoms with Crippen LogP contribution < -0.4 is 5.11 Å². The highest BCUT2D eigenvalue weighted by Crippen LogP contribution is 2.58. The fourth-order valence-electron chi connectivity index (χ4n) is 6.01. The molecule has 5 rings (SSSR count). The minimum atomic E-state index is -1.07. The van der Waals surface area contributed by atoms with Crippen molar-refractivity contribution in [2.75, 3.05) is 6.54 Å². The van der Waals surface area contributed by atoms with Crippen molar-refractivity contribution in [2.24, 2.45) is 23.2 Å². The third-order valence-electron chi connectivity index (χ3n) is 6.59. The molecule has 4 saturated carbocycles. The number of hydrogen-bond acceptors (Lipinski definition) is 3. The van der Waals surface area contributed by atoms with E-state index in [0.29, 0.717) is 30.7 Å². The predicted octanol–water partition coefficient (Wildman–Crippen LogP) is 1.33. The second kappa shape index (κ2) is 4.72. The lowest BCUT2D eigenvalue weighted by Gasteiger charge is -2.49. The van der Waals surface area contributed by atoms with E-state index in [-0.39, 0.29) is 11.3 Å². The first-order valence-electron chi connectivity index (χ1n) is 8.59. The number of carboxylic acids is 1. The highest BCUT2D eigenvalue weighted by Gasteiger charge is 2.54. The van der Waals surface area contributed by atoms with Crippen LogP contribution in [0.3, 0.4) is 0 Å². The molecule has 5 aliphatic rings. The first-order valence-corrected chi connectivity index (χ1v) is 8.59. The fraction of sp³-hybridized carbons (Fsp3) is 0.882. The van der Waals surface area contributed by atoms with Crippen LogP contribution in [0.4, 0.5) is 0 Å². The van der Waals surface area contributed by atoms with Crippen molar-refractivity contribution in [3.8, 4) is 0 Å². The van der Waals surface area contributed by atoms with Gasteiger partial charge in [0.2, 0.25) is 5.91 Å². The molecule has 116 valence electrons. The number of carboxylic acid groups (broad SMARTS) is 1. The van der Waals surface area contributed by atoms with Gasteiger partial charge in [0.1, 0.15) is 0 Å². The Kier molecular flexibility index (Phi) is 3.05. The van der Waals surface area contributed by atoms with Crippen LogP contribution in [0, 0.1) is 23.2 Å². The van der Waals surface area contributed by atoms with Crippen molar-refractivity contribution < 1.29 is 14.7 Å². The van der Waals surface area contributed by atoms with E-state index >= 15 is 0 Å². The number of nitrogens with zero attached hydrogens (tertiary/aromatic N) is 1. The fourth-order valence-corrected chi connectivity index (χ4v) is 6.01. The van der Waals surface area contributed by atoms with Crippen LogP contribution in [0.25, 0.3) is 0 Å². The monoisotopic (exact) mass is 290 g/mol. The molecule has 4 nitrogen and oxygen atoms in total. The van der Waals surface area contributed by atoms with E-state index in [9.17, 15) is 14.7 Å². The van der Waals surface area contributed by atoms with Gasteiger partial charge in [-0.25, -0.2) is 0 Å². The third kappa shape index (κ3) is 2.09. The third-order valence-corrected chi connectivity index (χ3v) is 6.59. The van der Waals surface area contributed by atoms with Gasteiger partial charge in [0.05, 0.1) is 17.4 Å². The number of carbonyl (C=O) groups is 2. The van der Waals surface area contributed by atoms with Crippen molar-refractivity contribution in [1.29, 1.82) is 0 Å². The smallest absolute Gasteiger partial charge is 0.229 e. The zero-order valence-corrected chi connectivity index (χ0v) is 12.6. The average Bonchev–Trinajstić information content (AvgIpc) is 2.83. The topological polar surface area (TPSA) is 60.4 Å². The van der Waals surface area contributed by atoms with Gasteiger partial charge in [-0.1, -0.05) is 12.8 Å². The molecule has 4 bridgehead atoms. The molecule has 0 N–H and O–H groups in total. The van der Waals surface area contributed by atoms with Gasteiger partial charge in [0.15, 0.2) is 0 Å². The lowest BCUT2D eigenvalue weighted by molar-refractivity contribution is -0.310. The summed E-state index contributed by atoms with van der Waals surface area (Å²) in [5, 5.41) is 11.3. The molecule has 4 aliphatic carbocycles. The lowest BCUT2D eigenvalue weighted by Crippen LogP contribution is -2.55. The maximum atomic E-state index is 13.2. The largest absolute Gasteiger partial charge is 0.548 e. The molecule has 5 atom stereocenters. The molecule has 1 saturated heterocycles. The predicted molar refractivity (Wildman–Crippen MR) is 75.0 cm³/mol. The minimum absolute atomic E-state index is 0.149. The number of carbonyl (C=O) groups excluding carboxylic acids is 2. The summed E-state index contributed by atoms with van der Waals surface area (Å²) in [6, 6.07) is -0.674. The van der Waals surface area contributed by atoms with E-state index in [1.54, 1.807) is 4.90 Å². The van der Waals surface area contributed by atoms with Crippen LogP contribution >= 0.6 is 0 Å². The van der Waals surface area contributed by atoms with Gasteiger partial charge < -0.3 is 14.8 Å². The van der Waals surface area contributed by atoms with Gasteiger partial charge in [0.25, 0.3) is 0 Å². The summed E-state index contributed by atoms with van der Waals surface area (Å²) in [6.45, 7) is 0.610. The highest BCUT2D eigenvalue weighted by atomic mass is 16.4. The second-order valence-corrected chi connectivity index (χ2v) is 8.02. The molecule has 0 radical (unpaired) electrons. The van der Waals surface area contributed by atoms with Gasteiger partial charge in [-0.2, -0.15) is 0 Å². The van der Waals surface area contributed by atoms with Gasteiger partial charge >= 0.3 is 0 Å². The first-order chi connectivity index (χ1) is 10.1. The van der Waals surface area contributed by atoms with Crippen LogP contribution in [0.15, 0.2) is 0 Å². The van der Waals surface area contributed by atoms with Gasteiger partial charge in [-0.3, -0.25) is 4.79 Å². The Morgan fingerprint density at radius 1 is 0.952 bits per heavy atom. The molecule has 4 heteroatoms. The zero-order valence-electron chi connectivity index (χ0n) is 12.6.